The van der Waals surface area contributed by atoms with Crippen LogP contribution in [0.4, 0.5) is 11.4 Å². The van der Waals surface area contributed by atoms with Crippen molar-refractivity contribution in [2.24, 2.45) is 5.41 Å². The monoisotopic (exact) mass is 272 g/mol. The molecule has 2 aromatic rings. The molecular formula is C14H20N6. The number of aromatic nitrogens is 4. The summed E-state index contributed by atoms with van der Waals surface area (Å²) >= 11 is 0. The Labute approximate surface area is 118 Å². The molecule has 1 heterocycles. The van der Waals surface area contributed by atoms with E-state index in [0.29, 0.717) is 16.8 Å². The molecule has 4 N–H and O–H groups in total. The van der Waals surface area contributed by atoms with E-state index in [1.54, 1.807) is 6.07 Å². The van der Waals surface area contributed by atoms with Crippen molar-refractivity contribution >= 4 is 11.4 Å². The molecular weight excluding hydrogens is 252 g/mol. The number of anilines is 2. The van der Waals surface area contributed by atoms with E-state index in [1.165, 1.54) is 25.7 Å². The van der Waals surface area contributed by atoms with Crippen LogP contribution in [0.5, 0.6) is 0 Å². The van der Waals surface area contributed by atoms with Crippen molar-refractivity contribution in [3.8, 4) is 11.4 Å². The minimum Gasteiger partial charge on any atom is -0.399 e. The molecule has 106 valence electrons. The predicted octanol–water partition coefficient (Wildman–Crippen LogP) is 2.08. The van der Waals surface area contributed by atoms with Crippen molar-refractivity contribution < 1.29 is 0 Å². The van der Waals surface area contributed by atoms with Gasteiger partial charge in [-0.25, -0.2) is 4.68 Å². The first-order chi connectivity index (χ1) is 9.63. The van der Waals surface area contributed by atoms with Crippen LogP contribution >= 0.6 is 0 Å². The van der Waals surface area contributed by atoms with Gasteiger partial charge in [-0.2, -0.15) is 0 Å². The van der Waals surface area contributed by atoms with Crippen LogP contribution in [0.1, 0.15) is 32.6 Å². The summed E-state index contributed by atoms with van der Waals surface area (Å²) in [6.45, 7) is 3.09. The van der Waals surface area contributed by atoms with Crippen LogP contribution in [0.3, 0.4) is 0 Å². The molecule has 0 radical (unpaired) electrons. The molecule has 1 aliphatic rings. The number of tetrazole rings is 1. The van der Waals surface area contributed by atoms with Gasteiger partial charge in [0.05, 0.1) is 6.54 Å². The fourth-order valence-electron chi connectivity index (χ4n) is 2.80. The Hall–Kier alpha value is -2.11. The number of hydrogen-bond donors (Lipinski definition) is 2. The van der Waals surface area contributed by atoms with Crippen LogP contribution in [0, 0.1) is 5.41 Å². The van der Waals surface area contributed by atoms with Crippen LogP contribution in [-0.4, -0.2) is 20.2 Å². The largest absolute Gasteiger partial charge is 0.399 e. The van der Waals surface area contributed by atoms with Gasteiger partial charge in [0.15, 0.2) is 5.82 Å². The predicted molar refractivity (Wildman–Crippen MR) is 78.7 cm³/mol. The Morgan fingerprint density at radius 1 is 1.30 bits per heavy atom. The number of nitrogens with two attached hydrogens (primary N) is 2. The highest BCUT2D eigenvalue weighted by Crippen LogP contribution is 2.51. The van der Waals surface area contributed by atoms with Gasteiger partial charge in [-0.05, 0) is 53.3 Å². The molecule has 1 saturated carbocycles. The van der Waals surface area contributed by atoms with E-state index in [2.05, 4.69) is 22.4 Å². The molecule has 6 heteroatoms. The third-order valence-corrected chi connectivity index (χ3v) is 4.07. The van der Waals surface area contributed by atoms with Gasteiger partial charge in [0.2, 0.25) is 0 Å². The van der Waals surface area contributed by atoms with E-state index in [9.17, 15) is 0 Å². The normalized spacial score (nSPS) is 16.2. The molecule has 3 rings (SSSR count). The first-order valence-electron chi connectivity index (χ1n) is 7.05. The molecule has 1 aromatic heterocycles. The topological polar surface area (TPSA) is 95.6 Å². The molecule has 20 heavy (non-hydrogen) atoms. The van der Waals surface area contributed by atoms with Gasteiger partial charge >= 0.3 is 0 Å². The molecule has 0 atom stereocenters. The summed E-state index contributed by atoms with van der Waals surface area (Å²) in [4.78, 5) is 0. The first kappa shape index (κ1) is 12.9. The second kappa shape index (κ2) is 4.77. The van der Waals surface area contributed by atoms with Gasteiger partial charge in [-0.1, -0.05) is 13.3 Å². The number of hydrogen-bond acceptors (Lipinski definition) is 5. The van der Waals surface area contributed by atoms with Gasteiger partial charge in [-0.3, -0.25) is 0 Å². The Balaban J connectivity index is 1.90. The van der Waals surface area contributed by atoms with Crippen molar-refractivity contribution in [2.45, 2.75) is 39.2 Å². The fourth-order valence-corrected chi connectivity index (χ4v) is 2.80. The number of nitrogen functional groups attached to an aromatic ring is 2. The van der Waals surface area contributed by atoms with E-state index in [1.807, 2.05) is 16.8 Å². The lowest BCUT2D eigenvalue weighted by atomic mass is 10.0. The van der Waals surface area contributed by atoms with Crippen LogP contribution in [0.15, 0.2) is 18.2 Å². The summed E-state index contributed by atoms with van der Waals surface area (Å²) in [6, 6.07) is 5.45. The number of nitrogens with zero attached hydrogens (tertiary/aromatic N) is 4. The second-order valence-corrected chi connectivity index (χ2v) is 5.76. The molecule has 0 spiro atoms. The Morgan fingerprint density at radius 3 is 2.75 bits per heavy atom. The lowest BCUT2D eigenvalue weighted by Gasteiger charge is -2.15. The van der Waals surface area contributed by atoms with Gasteiger partial charge in [0, 0.05) is 16.9 Å². The molecule has 1 aromatic carbocycles. The standard InChI is InChI=1S/C14H20N6/c1-2-5-14(6-7-14)9-20-13(17-18-19-20)11-4-3-10(15)8-12(11)16/h3-4,8H,2,5-7,9,15-16H2,1H3. The van der Waals surface area contributed by atoms with Gasteiger partial charge in [0.1, 0.15) is 0 Å². The van der Waals surface area contributed by atoms with E-state index >= 15 is 0 Å². The van der Waals surface area contributed by atoms with Crippen molar-refractivity contribution in [1.82, 2.24) is 20.2 Å². The van der Waals surface area contributed by atoms with Crippen molar-refractivity contribution in [2.75, 3.05) is 11.5 Å². The molecule has 1 aliphatic carbocycles. The highest BCUT2D eigenvalue weighted by molar-refractivity contribution is 5.74. The maximum atomic E-state index is 6.03. The maximum Gasteiger partial charge on any atom is 0.184 e. The molecule has 0 unspecified atom stereocenters. The van der Waals surface area contributed by atoms with E-state index in [-0.39, 0.29) is 0 Å². The summed E-state index contributed by atoms with van der Waals surface area (Å²) < 4.78 is 1.88. The van der Waals surface area contributed by atoms with E-state index in [0.717, 1.165) is 17.9 Å². The summed E-state index contributed by atoms with van der Waals surface area (Å²) in [5.74, 6) is 0.727. The molecule has 0 amide bonds. The zero-order valence-corrected chi connectivity index (χ0v) is 11.7. The van der Waals surface area contributed by atoms with E-state index in [4.69, 9.17) is 11.5 Å². The van der Waals surface area contributed by atoms with Crippen LogP contribution in [0.25, 0.3) is 11.4 Å². The Kier molecular flexibility index (Phi) is 3.08. The smallest absolute Gasteiger partial charge is 0.184 e. The van der Waals surface area contributed by atoms with E-state index < -0.39 is 0 Å². The summed E-state index contributed by atoms with van der Waals surface area (Å²) in [5.41, 5.74) is 14.3. The zero-order chi connectivity index (χ0) is 14.2. The quantitative estimate of drug-likeness (QED) is 0.812. The highest BCUT2D eigenvalue weighted by Gasteiger charge is 2.42. The lowest BCUT2D eigenvalue weighted by Crippen LogP contribution is -2.14. The van der Waals surface area contributed by atoms with Gasteiger partial charge < -0.3 is 11.5 Å². The summed E-state index contributed by atoms with van der Waals surface area (Å²) in [5, 5.41) is 12.1. The van der Waals surface area contributed by atoms with Crippen molar-refractivity contribution in [1.29, 1.82) is 0 Å². The third kappa shape index (κ3) is 2.33. The van der Waals surface area contributed by atoms with Crippen LogP contribution in [-0.2, 0) is 6.54 Å². The molecule has 0 bridgehead atoms. The first-order valence-corrected chi connectivity index (χ1v) is 7.05. The number of benzene rings is 1. The van der Waals surface area contributed by atoms with Crippen molar-refractivity contribution in [3.63, 3.8) is 0 Å². The summed E-state index contributed by atoms with van der Waals surface area (Å²) in [7, 11) is 0. The average Bonchev–Trinajstić information content (AvgIpc) is 3.00. The van der Waals surface area contributed by atoms with Crippen LogP contribution in [0.2, 0.25) is 0 Å². The fraction of sp³-hybridized carbons (Fsp3) is 0.500. The minimum absolute atomic E-state index is 0.390. The Bertz CT molecular complexity index is 614. The molecule has 0 aliphatic heterocycles. The average molecular weight is 272 g/mol. The van der Waals surface area contributed by atoms with Gasteiger partial charge in [-0.15, -0.1) is 5.10 Å². The SMILES string of the molecule is CCCC1(Cn2nnnc2-c2ccc(N)cc2N)CC1. The van der Waals surface area contributed by atoms with Crippen molar-refractivity contribution in [3.05, 3.63) is 18.2 Å². The summed E-state index contributed by atoms with van der Waals surface area (Å²) in [6.07, 6.45) is 4.94. The minimum atomic E-state index is 0.390. The number of rotatable bonds is 5. The molecule has 6 nitrogen and oxygen atoms in total. The third-order valence-electron chi connectivity index (χ3n) is 4.07. The Morgan fingerprint density at radius 2 is 2.10 bits per heavy atom. The lowest BCUT2D eigenvalue weighted by molar-refractivity contribution is 0.365. The molecule has 0 saturated heterocycles. The molecule has 1 fully saturated rings. The second-order valence-electron chi connectivity index (χ2n) is 5.76. The van der Waals surface area contributed by atoms with Gasteiger partial charge in [0.25, 0.3) is 0 Å². The zero-order valence-electron chi connectivity index (χ0n) is 11.7. The maximum absolute atomic E-state index is 6.03. The highest BCUT2D eigenvalue weighted by atomic mass is 15.5. The van der Waals surface area contributed by atoms with Crippen LogP contribution < -0.4 is 11.5 Å².